The summed E-state index contributed by atoms with van der Waals surface area (Å²) in [5.74, 6) is 0.933. The van der Waals surface area contributed by atoms with Crippen molar-refractivity contribution in [3.8, 4) is 5.75 Å². The van der Waals surface area contributed by atoms with Crippen molar-refractivity contribution in [3.05, 3.63) is 29.8 Å². The minimum absolute atomic E-state index is 0.160. The first-order chi connectivity index (χ1) is 9.45. The lowest BCUT2D eigenvalue weighted by molar-refractivity contribution is -0.103. The fourth-order valence-electron chi connectivity index (χ4n) is 2.60. The van der Waals surface area contributed by atoms with Gasteiger partial charge in [-0.05, 0) is 37.1 Å². The summed E-state index contributed by atoms with van der Waals surface area (Å²) in [6.07, 6.45) is 1.32. The molecule has 1 aromatic carbocycles. The van der Waals surface area contributed by atoms with Gasteiger partial charge in [-0.25, -0.2) is 0 Å². The smallest absolute Gasteiger partial charge is 0.128 e. The van der Waals surface area contributed by atoms with Gasteiger partial charge in [0.1, 0.15) is 18.0 Å². The average molecular weight is 277 g/mol. The number of likely N-dealkylation sites (N-methyl/N-ethyl adjacent to an activating group) is 1. The summed E-state index contributed by atoms with van der Waals surface area (Å²) >= 11 is 0. The summed E-state index contributed by atoms with van der Waals surface area (Å²) in [6, 6.07) is 8.85. The third-order valence-electron chi connectivity index (χ3n) is 3.99. The zero-order valence-corrected chi connectivity index (χ0v) is 13.3. The van der Waals surface area contributed by atoms with Crippen LogP contribution in [0.25, 0.3) is 0 Å². The van der Waals surface area contributed by atoms with Crippen LogP contribution in [0.4, 0.5) is 0 Å². The van der Waals surface area contributed by atoms with Crippen LogP contribution in [0.3, 0.4) is 0 Å². The average Bonchev–Trinajstić information content (AvgIpc) is 2.40. The Kier molecular flexibility index (Phi) is 4.71. The van der Waals surface area contributed by atoms with Gasteiger partial charge >= 0.3 is 0 Å². The lowest BCUT2D eigenvalue weighted by Gasteiger charge is -2.43. The van der Waals surface area contributed by atoms with Gasteiger partial charge in [-0.3, -0.25) is 0 Å². The van der Waals surface area contributed by atoms with Crippen LogP contribution in [0.1, 0.15) is 39.7 Å². The monoisotopic (exact) mass is 277 g/mol. The van der Waals surface area contributed by atoms with Crippen molar-refractivity contribution in [3.63, 3.8) is 0 Å². The summed E-state index contributed by atoms with van der Waals surface area (Å²) in [4.78, 5) is 0. The molecule has 0 aromatic heterocycles. The Balaban J connectivity index is 1.97. The van der Waals surface area contributed by atoms with Crippen LogP contribution >= 0.6 is 0 Å². The molecule has 0 amide bonds. The van der Waals surface area contributed by atoms with E-state index in [1.165, 1.54) is 5.56 Å². The van der Waals surface area contributed by atoms with E-state index in [1.807, 2.05) is 14.0 Å². The molecule has 1 aromatic rings. The fourth-order valence-corrected chi connectivity index (χ4v) is 2.60. The van der Waals surface area contributed by atoms with Gasteiger partial charge in [0.25, 0.3) is 0 Å². The molecule has 2 rings (SSSR count). The highest BCUT2D eigenvalue weighted by atomic mass is 16.5. The standard InChI is InChI=1S/C17H27NO2/c1-6-19-16-14(18-5)11-15(16)20-13-9-7-12(8-10-13)17(2,3)4/h7-10,14-16,18H,6,11H2,1-5H3. The van der Waals surface area contributed by atoms with Crippen molar-refractivity contribution in [1.29, 1.82) is 0 Å². The number of benzene rings is 1. The maximum absolute atomic E-state index is 6.05. The van der Waals surface area contributed by atoms with Gasteiger partial charge in [0.05, 0.1) is 0 Å². The lowest BCUT2D eigenvalue weighted by Crippen LogP contribution is -2.60. The Hall–Kier alpha value is -1.06. The Morgan fingerprint density at radius 2 is 1.85 bits per heavy atom. The van der Waals surface area contributed by atoms with E-state index >= 15 is 0 Å². The molecule has 1 aliphatic rings. The van der Waals surface area contributed by atoms with E-state index in [0.29, 0.717) is 6.04 Å². The van der Waals surface area contributed by atoms with Crippen LogP contribution in [0.15, 0.2) is 24.3 Å². The molecule has 1 N–H and O–H groups in total. The zero-order chi connectivity index (χ0) is 14.8. The van der Waals surface area contributed by atoms with Gasteiger partial charge in [0.2, 0.25) is 0 Å². The lowest BCUT2D eigenvalue weighted by atomic mass is 9.85. The van der Waals surface area contributed by atoms with Crippen molar-refractivity contribution < 1.29 is 9.47 Å². The molecule has 0 heterocycles. The van der Waals surface area contributed by atoms with E-state index in [4.69, 9.17) is 9.47 Å². The first-order valence-electron chi connectivity index (χ1n) is 7.51. The molecule has 20 heavy (non-hydrogen) atoms. The van der Waals surface area contributed by atoms with Crippen molar-refractivity contribution >= 4 is 0 Å². The Morgan fingerprint density at radius 1 is 1.20 bits per heavy atom. The molecule has 0 radical (unpaired) electrons. The van der Waals surface area contributed by atoms with Crippen molar-refractivity contribution in [1.82, 2.24) is 5.32 Å². The summed E-state index contributed by atoms with van der Waals surface area (Å²) in [7, 11) is 1.98. The molecule has 1 fully saturated rings. The molecule has 0 bridgehead atoms. The molecule has 1 saturated carbocycles. The van der Waals surface area contributed by atoms with E-state index < -0.39 is 0 Å². The maximum atomic E-state index is 6.05. The Bertz CT molecular complexity index is 422. The van der Waals surface area contributed by atoms with Crippen LogP contribution in [0, 0.1) is 0 Å². The molecule has 3 atom stereocenters. The highest BCUT2D eigenvalue weighted by Gasteiger charge is 2.42. The van der Waals surface area contributed by atoms with Crippen LogP contribution in [0.5, 0.6) is 5.75 Å². The van der Waals surface area contributed by atoms with Gasteiger partial charge in [0.15, 0.2) is 0 Å². The first kappa shape index (κ1) is 15.3. The number of rotatable bonds is 5. The molecule has 3 nitrogen and oxygen atoms in total. The van der Waals surface area contributed by atoms with Gasteiger partial charge in [-0.2, -0.15) is 0 Å². The first-order valence-corrected chi connectivity index (χ1v) is 7.51. The summed E-state index contributed by atoms with van der Waals surface area (Å²) < 4.78 is 11.8. The molecule has 0 spiro atoms. The molecule has 1 aliphatic carbocycles. The second-order valence-electron chi connectivity index (χ2n) is 6.48. The molecule has 112 valence electrons. The second kappa shape index (κ2) is 6.15. The van der Waals surface area contributed by atoms with E-state index in [-0.39, 0.29) is 17.6 Å². The fraction of sp³-hybridized carbons (Fsp3) is 0.647. The molecule has 0 saturated heterocycles. The minimum atomic E-state index is 0.160. The van der Waals surface area contributed by atoms with Gasteiger partial charge in [-0.15, -0.1) is 0 Å². The van der Waals surface area contributed by atoms with E-state index in [1.54, 1.807) is 0 Å². The highest BCUT2D eigenvalue weighted by Crippen LogP contribution is 2.30. The van der Waals surface area contributed by atoms with E-state index in [0.717, 1.165) is 18.8 Å². The number of hydrogen-bond donors (Lipinski definition) is 1. The van der Waals surface area contributed by atoms with Gasteiger partial charge in [0, 0.05) is 19.1 Å². The van der Waals surface area contributed by atoms with E-state index in [9.17, 15) is 0 Å². The van der Waals surface area contributed by atoms with Gasteiger partial charge < -0.3 is 14.8 Å². The SMILES string of the molecule is CCOC1C(NC)CC1Oc1ccc(C(C)(C)C)cc1. The Morgan fingerprint density at radius 3 is 2.35 bits per heavy atom. The molecular formula is C17H27NO2. The second-order valence-corrected chi connectivity index (χ2v) is 6.48. The predicted molar refractivity (Wildman–Crippen MR) is 82.4 cm³/mol. The predicted octanol–water partition coefficient (Wildman–Crippen LogP) is 3.13. The Labute approximate surface area is 122 Å². The number of hydrogen-bond acceptors (Lipinski definition) is 3. The topological polar surface area (TPSA) is 30.5 Å². The summed E-state index contributed by atoms with van der Waals surface area (Å²) in [6.45, 7) is 9.41. The van der Waals surface area contributed by atoms with E-state index in [2.05, 4.69) is 50.4 Å². The molecule has 3 heteroatoms. The third kappa shape index (κ3) is 3.33. The van der Waals surface area contributed by atoms with Crippen LogP contribution in [0.2, 0.25) is 0 Å². The van der Waals surface area contributed by atoms with Crippen LogP contribution in [-0.2, 0) is 10.2 Å². The molecular weight excluding hydrogens is 250 g/mol. The largest absolute Gasteiger partial charge is 0.488 e. The van der Waals surface area contributed by atoms with Crippen molar-refractivity contribution in [2.75, 3.05) is 13.7 Å². The van der Waals surface area contributed by atoms with Gasteiger partial charge in [-0.1, -0.05) is 32.9 Å². The quantitative estimate of drug-likeness (QED) is 0.897. The third-order valence-corrected chi connectivity index (χ3v) is 3.99. The number of ether oxygens (including phenoxy) is 2. The zero-order valence-electron chi connectivity index (χ0n) is 13.3. The summed E-state index contributed by atoms with van der Waals surface area (Å²) in [5.41, 5.74) is 1.51. The minimum Gasteiger partial charge on any atom is -0.488 e. The molecule has 3 unspecified atom stereocenters. The highest BCUT2D eigenvalue weighted by molar-refractivity contribution is 5.31. The van der Waals surface area contributed by atoms with Crippen molar-refractivity contribution in [2.45, 2.75) is 57.8 Å². The summed E-state index contributed by atoms with van der Waals surface area (Å²) in [5, 5.41) is 3.28. The normalized spacial score (nSPS) is 26.1. The van der Waals surface area contributed by atoms with Crippen LogP contribution in [-0.4, -0.2) is 31.9 Å². The van der Waals surface area contributed by atoms with Crippen LogP contribution < -0.4 is 10.1 Å². The molecule has 0 aliphatic heterocycles. The number of nitrogens with one attached hydrogen (secondary N) is 1. The van der Waals surface area contributed by atoms with Crippen molar-refractivity contribution in [2.24, 2.45) is 0 Å². The maximum Gasteiger partial charge on any atom is 0.128 e.